The monoisotopic (exact) mass is 278 g/mol. The largest absolute Gasteiger partial charge is 0.393 e. The lowest BCUT2D eigenvalue weighted by Gasteiger charge is -2.14. The normalized spacial score (nSPS) is 12.8. The van der Waals surface area contributed by atoms with Crippen molar-refractivity contribution in [2.45, 2.75) is 26.4 Å². The first-order valence-electron chi connectivity index (χ1n) is 6.72. The number of fused-ring (bicyclic) bond motifs is 1. The summed E-state index contributed by atoms with van der Waals surface area (Å²) < 4.78 is 13.5. The van der Waals surface area contributed by atoms with Crippen LogP contribution in [0.25, 0.3) is 10.9 Å². The number of H-pyrrole nitrogens is 1. The van der Waals surface area contributed by atoms with E-state index in [1.54, 1.807) is 12.1 Å². The van der Waals surface area contributed by atoms with Crippen LogP contribution in [0.15, 0.2) is 24.3 Å². The second-order valence-electron chi connectivity index (χ2n) is 5.24. The van der Waals surface area contributed by atoms with Gasteiger partial charge in [0, 0.05) is 17.4 Å². The molecule has 1 aromatic carbocycles. The quantitative estimate of drug-likeness (QED) is 0.786. The molecule has 108 valence electrons. The van der Waals surface area contributed by atoms with Crippen LogP contribution in [-0.2, 0) is 0 Å². The molecule has 0 aliphatic heterocycles. The van der Waals surface area contributed by atoms with Crippen LogP contribution in [0.2, 0.25) is 0 Å². The van der Waals surface area contributed by atoms with Crippen LogP contribution in [0.4, 0.5) is 4.39 Å². The molecule has 20 heavy (non-hydrogen) atoms. The van der Waals surface area contributed by atoms with Gasteiger partial charge < -0.3 is 15.4 Å². The summed E-state index contributed by atoms with van der Waals surface area (Å²) in [5, 5.41) is 12.8. The minimum atomic E-state index is -0.435. The molecular weight excluding hydrogens is 259 g/mol. The molecule has 0 aliphatic carbocycles. The summed E-state index contributed by atoms with van der Waals surface area (Å²) in [7, 11) is 0. The predicted molar refractivity (Wildman–Crippen MR) is 76.1 cm³/mol. The van der Waals surface area contributed by atoms with E-state index in [9.17, 15) is 14.3 Å². The second-order valence-corrected chi connectivity index (χ2v) is 5.24. The molecule has 1 heterocycles. The number of aliphatic hydroxyl groups excluding tert-OH is 1. The molecule has 0 saturated carbocycles. The number of aromatic nitrogens is 1. The first-order valence-corrected chi connectivity index (χ1v) is 6.72. The van der Waals surface area contributed by atoms with Crippen molar-refractivity contribution >= 4 is 16.8 Å². The summed E-state index contributed by atoms with van der Waals surface area (Å²) in [5.41, 5.74) is 0.918. The Kier molecular flexibility index (Phi) is 4.39. The van der Waals surface area contributed by atoms with E-state index in [4.69, 9.17) is 0 Å². The fourth-order valence-corrected chi connectivity index (χ4v) is 2.00. The number of hydrogen-bond donors (Lipinski definition) is 3. The van der Waals surface area contributed by atoms with Gasteiger partial charge in [0.15, 0.2) is 0 Å². The van der Waals surface area contributed by atoms with Gasteiger partial charge in [-0.05, 0) is 30.5 Å². The van der Waals surface area contributed by atoms with Gasteiger partial charge in [-0.3, -0.25) is 4.79 Å². The number of aliphatic hydroxyl groups is 1. The lowest BCUT2D eigenvalue weighted by atomic mass is 10.0. The molecule has 4 nitrogen and oxygen atoms in total. The molecule has 2 aromatic rings. The lowest BCUT2D eigenvalue weighted by molar-refractivity contribution is 0.0916. The van der Waals surface area contributed by atoms with Crippen molar-refractivity contribution in [1.29, 1.82) is 0 Å². The van der Waals surface area contributed by atoms with Gasteiger partial charge in [-0.15, -0.1) is 0 Å². The maximum absolute atomic E-state index is 13.5. The van der Waals surface area contributed by atoms with Crippen molar-refractivity contribution in [2.75, 3.05) is 6.54 Å². The third-order valence-electron chi connectivity index (χ3n) is 3.35. The van der Waals surface area contributed by atoms with E-state index in [2.05, 4.69) is 10.3 Å². The van der Waals surface area contributed by atoms with Crippen molar-refractivity contribution in [3.8, 4) is 0 Å². The maximum Gasteiger partial charge on any atom is 0.267 e. The van der Waals surface area contributed by atoms with Gasteiger partial charge >= 0.3 is 0 Å². The molecule has 0 aliphatic rings. The number of aromatic amines is 1. The van der Waals surface area contributed by atoms with Crippen LogP contribution < -0.4 is 5.32 Å². The highest BCUT2D eigenvalue weighted by Crippen LogP contribution is 2.18. The number of halogens is 1. The zero-order valence-electron chi connectivity index (χ0n) is 11.6. The van der Waals surface area contributed by atoms with E-state index >= 15 is 0 Å². The molecule has 5 heteroatoms. The summed E-state index contributed by atoms with van der Waals surface area (Å²) in [6.07, 6.45) is 0.0633. The fourth-order valence-electron chi connectivity index (χ4n) is 2.00. The Balaban J connectivity index is 1.99. The third kappa shape index (κ3) is 3.17. The highest BCUT2D eigenvalue weighted by molar-refractivity contribution is 5.98. The first kappa shape index (κ1) is 14.5. The van der Waals surface area contributed by atoms with Crippen molar-refractivity contribution in [1.82, 2.24) is 10.3 Å². The summed E-state index contributed by atoms with van der Waals surface area (Å²) in [5.74, 6) is -0.487. The summed E-state index contributed by atoms with van der Waals surface area (Å²) >= 11 is 0. The molecule has 1 atom stereocenters. The summed E-state index contributed by atoms with van der Waals surface area (Å²) in [6.45, 7) is 4.23. The van der Waals surface area contributed by atoms with Gasteiger partial charge in [0.25, 0.3) is 5.91 Å². The Morgan fingerprint density at radius 3 is 2.85 bits per heavy atom. The number of carbonyl (C=O) groups excluding carboxylic acids is 1. The van der Waals surface area contributed by atoms with Crippen LogP contribution >= 0.6 is 0 Å². The topological polar surface area (TPSA) is 65.1 Å². The molecule has 0 bridgehead atoms. The van der Waals surface area contributed by atoms with Crippen LogP contribution in [0.5, 0.6) is 0 Å². The molecule has 0 spiro atoms. The SMILES string of the molecule is CC(C)C(O)CCNC(=O)c1cc2c(F)cccc2[nH]1. The molecule has 1 unspecified atom stereocenters. The molecule has 0 saturated heterocycles. The van der Waals surface area contributed by atoms with Gasteiger partial charge in [0.05, 0.1) is 6.10 Å². The Labute approximate surface area is 117 Å². The molecule has 0 fully saturated rings. The Bertz CT molecular complexity index is 607. The number of nitrogens with one attached hydrogen (secondary N) is 2. The molecule has 2 rings (SSSR count). The van der Waals surface area contributed by atoms with E-state index in [-0.39, 0.29) is 17.6 Å². The zero-order valence-corrected chi connectivity index (χ0v) is 11.6. The lowest BCUT2D eigenvalue weighted by Crippen LogP contribution is -2.28. The average molecular weight is 278 g/mol. The van der Waals surface area contributed by atoms with E-state index in [1.807, 2.05) is 13.8 Å². The zero-order chi connectivity index (χ0) is 14.7. The number of carbonyl (C=O) groups is 1. The van der Waals surface area contributed by atoms with Crippen molar-refractivity contribution in [3.05, 3.63) is 35.8 Å². The summed E-state index contributed by atoms with van der Waals surface area (Å²) in [4.78, 5) is 14.8. The molecule has 3 N–H and O–H groups in total. The van der Waals surface area contributed by atoms with Gasteiger partial charge in [0.2, 0.25) is 0 Å². The second kappa shape index (κ2) is 6.05. The predicted octanol–water partition coefficient (Wildman–Crippen LogP) is 2.44. The standard InChI is InChI=1S/C15H19FN2O2/c1-9(2)14(19)6-7-17-15(20)13-8-10-11(16)4-3-5-12(10)18-13/h3-5,8-9,14,18-19H,6-7H2,1-2H3,(H,17,20). The van der Waals surface area contributed by atoms with Crippen LogP contribution in [0, 0.1) is 11.7 Å². The van der Waals surface area contributed by atoms with Crippen molar-refractivity contribution in [2.24, 2.45) is 5.92 Å². The van der Waals surface area contributed by atoms with Gasteiger partial charge in [-0.1, -0.05) is 19.9 Å². The van der Waals surface area contributed by atoms with Gasteiger partial charge in [0.1, 0.15) is 11.5 Å². The maximum atomic E-state index is 13.5. The highest BCUT2D eigenvalue weighted by atomic mass is 19.1. The Morgan fingerprint density at radius 1 is 1.45 bits per heavy atom. The number of rotatable bonds is 5. The van der Waals surface area contributed by atoms with Crippen LogP contribution in [0.3, 0.4) is 0 Å². The molecule has 1 aromatic heterocycles. The van der Waals surface area contributed by atoms with Crippen LogP contribution in [0.1, 0.15) is 30.8 Å². The number of benzene rings is 1. The van der Waals surface area contributed by atoms with E-state index in [1.165, 1.54) is 12.1 Å². The van der Waals surface area contributed by atoms with Crippen molar-refractivity contribution < 1.29 is 14.3 Å². The number of hydrogen-bond acceptors (Lipinski definition) is 2. The highest BCUT2D eigenvalue weighted by Gasteiger charge is 2.13. The smallest absolute Gasteiger partial charge is 0.267 e. The summed E-state index contributed by atoms with van der Waals surface area (Å²) in [6, 6.07) is 6.17. The minimum absolute atomic E-state index is 0.161. The van der Waals surface area contributed by atoms with E-state index < -0.39 is 6.10 Å². The molecule has 1 amide bonds. The first-order chi connectivity index (χ1) is 9.49. The molecular formula is C15H19FN2O2. The average Bonchev–Trinajstić information content (AvgIpc) is 2.84. The van der Waals surface area contributed by atoms with Gasteiger partial charge in [-0.25, -0.2) is 4.39 Å². The minimum Gasteiger partial charge on any atom is -0.393 e. The van der Waals surface area contributed by atoms with Crippen LogP contribution in [-0.4, -0.2) is 28.6 Å². The van der Waals surface area contributed by atoms with Crippen molar-refractivity contribution in [3.63, 3.8) is 0 Å². The van der Waals surface area contributed by atoms with Gasteiger partial charge in [-0.2, -0.15) is 0 Å². The Hall–Kier alpha value is -1.88. The Morgan fingerprint density at radius 2 is 2.20 bits per heavy atom. The fraction of sp³-hybridized carbons (Fsp3) is 0.400. The van der Waals surface area contributed by atoms with E-state index in [0.717, 1.165) is 0 Å². The molecule has 0 radical (unpaired) electrons. The van der Waals surface area contributed by atoms with E-state index in [0.29, 0.717) is 29.6 Å². The third-order valence-corrected chi connectivity index (χ3v) is 3.35. The number of amides is 1.